The van der Waals surface area contributed by atoms with Crippen molar-refractivity contribution >= 4 is 168 Å². The van der Waals surface area contributed by atoms with E-state index in [1.165, 1.54) is 105 Å². The van der Waals surface area contributed by atoms with Crippen molar-refractivity contribution in [2.24, 2.45) is 0 Å². The molecule has 10 heteroatoms. The Hall–Kier alpha value is -9.61. The number of rotatable bonds is 4. The molecule has 0 amide bonds. The zero-order valence-electron chi connectivity index (χ0n) is 42.7. The number of anilines is 18. The second-order valence-corrected chi connectivity index (χ2v) is 32.8. The molecule has 0 N–H and O–H groups in total. The molecule has 12 aromatic rings. The Morgan fingerprint density at radius 1 is 0.212 bits per heavy atom. The fourth-order valence-corrected chi connectivity index (χ4v) is 32.3. The Morgan fingerprint density at radius 2 is 0.525 bits per heavy atom. The zero-order chi connectivity index (χ0) is 51.6. The molecule has 8 aliphatic heterocycles. The molecule has 2 unspecified atom stereocenters. The topological polar surface area (TPSA) is 37.9 Å². The first-order chi connectivity index (χ1) is 39.8. The van der Waals surface area contributed by atoms with E-state index in [1.807, 2.05) is 0 Å². The van der Waals surface area contributed by atoms with Crippen LogP contribution in [0.5, 0.6) is 23.0 Å². The van der Waals surface area contributed by atoms with Gasteiger partial charge in [0, 0.05) is 0 Å². The summed E-state index contributed by atoms with van der Waals surface area (Å²) in [5, 5.41) is 2.49. The number of fused-ring (bicyclic) bond motifs is 9. The first-order valence-corrected chi connectivity index (χ1v) is 34.9. The van der Waals surface area contributed by atoms with E-state index in [1.54, 1.807) is 0 Å². The van der Waals surface area contributed by atoms with Crippen LogP contribution in [0.25, 0.3) is 10.8 Å². The predicted octanol–water partition coefficient (Wildman–Crippen LogP) is 14.2. The molecule has 8 aliphatic rings. The number of para-hydroxylation sites is 8. The van der Waals surface area contributed by atoms with Crippen LogP contribution in [-0.4, -0.2) is 28.7 Å². The molecule has 8 nitrogen and oxygen atoms in total. The monoisotopic (exact) mass is 1150 g/mol. The minimum absolute atomic E-state index is 0.871. The maximum atomic E-state index is 7.02. The van der Waals surface area contributed by atoms with Gasteiger partial charge in [0.1, 0.15) is 0 Å². The van der Waals surface area contributed by atoms with E-state index >= 15 is 0 Å². The third-order valence-corrected chi connectivity index (χ3v) is 32.6. The summed E-state index contributed by atoms with van der Waals surface area (Å²) in [6.45, 7) is 0. The van der Waals surface area contributed by atoms with E-state index < -0.39 is 28.7 Å². The SMILES string of the molecule is c1ccc(N2c3ccc4c5[c]3[GeH]3[c]6c(cccc6N(c6ccccc6)c6[c]3c2cc2c3[c]7c(cc62)N(c2ccccc2)c2ccc6c8[c]2[GeH]7[c]2c(cccc2N3c2ccccc2)N8c2ccccc2O6)N5c2ccccc2O4)cc1. The summed E-state index contributed by atoms with van der Waals surface area (Å²) in [5.74, 6) is 3.56. The molecule has 12 aromatic carbocycles. The van der Waals surface area contributed by atoms with Crippen molar-refractivity contribution in [1.29, 1.82) is 0 Å². The van der Waals surface area contributed by atoms with Crippen molar-refractivity contribution in [3.05, 3.63) is 243 Å². The van der Waals surface area contributed by atoms with Crippen LogP contribution in [0.15, 0.2) is 243 Å². The van der Waals surface area contributed by atoms with Gasteiger partial charge in [0.2, 0.25) is 0 Å². The predicted molar refractivity (Wildman–Crippen MR) is 331 cm³/mol. The average molecular weight is 1140 g/mol. The van der Waals surface area contributed by atoms with Gasteiger partial charge in [-0.3, -0.25) is 0 Å². The van der Waals surface area contributed by atoms with Gasteiger partial charge in [-0.1, -0.05) is 0 Å². The van der Waals surface area contributed by atoms with E-state index in [0.29, 0.717) is 0 Å². The van der Waals surface area contributed by atoms with Crippen LogP contribution < -0.4 is 65.2 Å². The van der Waals surface area contributed by atoms with Gasteiger partial charge in [0.25, 0.3) is 0 Å². The fraction of sp³-hybridized carbons (Fsp3) is 0. The fourth-order valence-electron chi connectivity index (χ4n) is 15.3. The van der Waals surface area contributed by atoms with Crippen molar-refractivity contribution in [1.82, 2.24) is 0 Å². The third-order valence-electron chi connectivity index (χ3n) is 18.1. The van der Waals surface area contributed by atoms with E-state index in [9.17, 15) is 0 Å². The molecule has 372 valence electrons. The first kappa shape index (κ1) is 42.4. The molecule has 2 atom stereocenters. The normalized spacial score (nSPS) is 16.6. The van der Waals surface area contributed by atoms with E-state index in [4.69, 9.17) is 9.47 Å². The molecule has 0 radical (unpaired) electrons. The summed E-state index contributed by atoms with van der Waals surface area (Å²) < 4.78 is 22.8. The summed E-state index contributed by atoms with van der Waals surface area (Å²) in [6, 6.07) is 90.5. The van der Waals surface area contributed by atoms with E-state index in [0.717, 1.165) is 57.1 Å². The Balaban J connectivity index is 0.991. The Kier molecular flexibility index (Phi) is 8.03. The number of hydrogen-bond acceptors (Lipinski definition) is 8. The molecule has 0 fully saturated rings. The van der Waals surface area contributed by atoms with Gasteiger partial charge in [-0.15, -0.1) is 0 Å². The molecular formula is C70H42Ge2N6O2. The maximum absolute atomic E-state index is 7.02. The molecule has 80 heavy (non-hydrogen) atoms. The quantitative estimate of drug-likeness (QED) is 0.161. The summed E-state index contributed by atoms with van der Waals surface area (Å²) in [5.41, 5.74) is 21.6. The molecular weight excluding hydrogens is 1100 g/mol. The average Bonchev–Trinajstić information content (AvgIpc) is 3.68. The molecule has 0 bridgehead atoms. The number of benzene rings is 12. The molecule has 0 aromatic heterocycles. The van der Waals surface area contributed by atoms with Gasteiger partial charge in [-0.2, -0.15) is 0 Å². The van der Waals surface area contributed by atoms with Gasteiger partial charge in [-0.25, -0.2) is 0 Å². The standard InChI is InChI=1S/C70H42Ge2N6O2/c1-5-19-41(20-6-1)73-53-35-37-59-69-63(53)71-61-49(29-17-31-51(61)77(69)47-27-13-15-33-57(47)79-59)75(43-23-9-3-10-24-43)67-46-40-56-66-68(45(46)39-55(73)65(67)71)76(44-25-11-4-12-26-44)50-30-18-32-52-62(50)72(66)64-54(74(56)42-21-7-2-8-22-42)36-38-60-70(64)78(52)48-28-14-16-34-58(48)80-60/h1-40,71-72H. The Labute approximate surface area is 469 Å². The molecule has 8 heterocycles. The van der Waals surface area contributed by atoms with Crippen LogP contribution in [0.2, 0.25) is 0 Å². The van der Waals surface area contributed by atoms with Crippen molar-refractivity contribution in [3.8, 4) is 23.0 Å². The molecule has 0 saturated heterocycles. The van der Waals surface area contributed by atoms with Crippen LogP contribution in [0.3, 0.4) is 0 Å². The third kappa shape index (κ3) is 5.12. The summed E-state index contributed by atoms with van der Waals surface area (Å²) in [4.78, 5) is 15.6. The first-order valence-electron chi connectivity index (χ1n) is 27.6. The van der Waals surface area contributed by atoms with E-state index in [2.05, 4.69) is 272 Å². The summed E-state index contributed by atoms with van der Waals surface area (Å²) in [7, 11) is 0. The zero-order valence-corrected chi connectivity index (χ0v) is 47.6. The van der Waals surface area contributed by atoms with E-state index in [-0.39, 0.29) is 0 Å². The van der Waals surface area contributed by atoms with Gasteiger partial charge in [0.05, 0.1) is 0 Å². The van der Waals surface area contributed by atoms with Crippen LogP contribution in [0.4, 0.5) is 102 Å². The van der Waals surface area contributed by atoms with Crippen molar-refractivity contribution in [2.75, 3.05) is 29.4 Å². The van der Waals surface area contributed by atoms with Gasteiger partial charge in [0.15, 0.2) is 0 Å². The Bertz CT molecular complexity index is 4490. The summed E-state index contributed by atoms with van der Waals surface area (Å²) >= 11 is -6.40. The van der Waals surface area contributed by atoms with Crippen LogP contribution in [0, 0.1) is 0 Å². The second-order valence-electron chi connectivity index (χ2n) is 21.9. The molecule has 20 rings (SSSR count). The summed E-state index contributed by atoms with van der Waals surface area (Å²) in [6.07, 6.45) is 0. The van der Waals surface area contributed by atoms with Gasteiger partial charge < -0.3 is 0 Å². The number of hydrogen-bond donors (Lipinski definition) is 0. The number of nitrogens with zero attached hydrogens (tertiary/aromatic N) is 6. The number of ether oxygens (including phenoxy) is 2. The molecule has 0 spiro atoms. The van der Waals surface area contributed by atoms with Crippen molar-refractivity contribution in [3.63, 3.8) is 0 Å². The molecule has 0 aliphatic carbocycles. The van der Waals surface area contributed by atoms with Gasteiger partial charge >= 0.3 is 473 Å². The Morgan fingerprint density at radius 3 is 0.925 bits per heavy atom. The van der Waals surface area contributed by atoms with Crippen LogP contribution >= 0.6 is 0 Å². The van der Waals surface area contributed by atoms with Crippen LogP contribution in [0.1, 0.15) is 0 Å². The minimum atomic E-state index is -3.20. The molecule has 0 saturated carbocycles. The van der Waals surface area contributed by atoms with Crippen molar-refractivity contribution < 1.29 is 9.47 Å². The van der Waals surface area contributed by atoms with Gasteiger partial charge in [-0.05, 0) is 0 Å². The van der Waals surface area contributed by atoms with Crippen LogP contribution in [-0.2, 0) is 0 Å². The van der Waals surface area contributed by atoms with Crippen molar-refractivity contribution in [2.45, 2.75) is 0 Å². The second kappa shape index (κ2) is 15.1.